The number of rotatable bonds is 5. The second-order valence-electron chi connectivity index (χ2n) is 6.52. The third kappa shape index (κ3) is 3.87. The lowest BCUT2D eigenvalue weighted by Gasteiger charge is -2.30. The summed E-state index contributed by atoms with van der Waals surface area (Å²) in [7, 11) is 1.66. The zero-order chi connectivity index (χ0) is 18.5. The first-order valence-corrected chi connectivity index (χ1v) is 8.83. The molecule has 1 aliphatic heterocycles. The molecule has 0 spiro atoms. The summed E-state index contributed by atoms with van der Waals surface area (Å²) < 4.78 is 5.23. The van der Waals surface area contributed by atoms with E-state index in [0.717, 1.165) is 25.1 Å². The van der Waals surface area contributed by atoms with Crippen molar-refractivity contribution < 1.29 is 9.53 Å². The Balaban J connectivity index is 1.69. The minimum Gasteiger partial charge on any atom is -0.497 e. The fourth-order valence-electron chi connectivity index (χ4n) is 3.46. The van der Waals surface area contributed by atoms with Crippen LogP contribution in [0, 0.1) is 11.3 Å². The minimum absolute atomic E-state index is 0.0323. The van der Waals surface area contributed by atoms with Crippen LogP contribution in [0.25, 0.3) is 0 Å². The van der Waals surface area contributed by atoms with Gasteiger partial charge in [-0.15, -0.1) is 0 Å². The van der Waals surface area contributed by atoms with Crippen molar-refractivity contribution in [2.45, 2.75) is 31.8 Å². The number of amides is 1. The van der Waals surface area contributed by atoms with E-state index in [1.54, 1.807) is 31.4 Å². The Hall–Kier alpha value is -2.84. The Morgan fingerprint density at radius 3 is 2.54 bits per heavy atom. The van der Waals surface area contributed by atoms with Crippen LogP contribution in [0.4, 0.5) is 5.69 Å². The fourth-order valence-corrected chi connectivity index (χ4v) is 3.46. The molecule has 0 aliphatic carbocycles. The molecule has 0 saturated carbocycles. The molecule has 1 N–H and O–H groups in total. The van der Waals surface area contributed by atoms with Gasteiger partial charge in [0.05, 0.1) is 24.8 Å². The molecule has 1 fully saturated rings. The Kier molecular flexibility index (Phi) is 5.55. The summed E-state index contributed by atoms with van der Waals surface area (Å²) >= 11 is 0. The Labute approximate surface area is 154 Å². The minimum atomic E-state index is -0.236. The number of nitriles is 1. The summed E-state index contributed by atoms with van der Waals surface area (Å²) in [5.41, 5.74) is 2.50. The lowest BCUT2D eigenvalue weighted by molar-refractivity contribution is -0.121. The van der Waals surface area contributed by atoms with Crippen LogP contribution in [0.1, 0.15) is 36.9 Å². The number of benzene rings is 2. The number of anilines is 1. The highest BCUT2D eigenvalue weighted by Crippen LogP contribution is 2.34. The second-order valence-corrected chi connectivity index (χ2v) is 6.52. The number of likely N-dealkylation sites (tertiary alicyclic amines) is 1. The second kappa shape index (κ2) is 8.03. The van der Waals surface area contributed by atoms with Gasteiger partial charge in [0.1, 0.15) is 5.75 Å². The van der Waals surface area contributed by atoms with Crippen molar-refractivity contribution in [3.63, 3.8) is 0 Å². The molecule has 2 aromatic carbocycles. The summed E-state index contributed by atoms with van der Waals surface area (Å²) in [5, 5.41) is 11.8. The highest BCUT2D eigenvalue weighted by Gasteiger charge is 2.32. The standard InChI is InChI=1S/C21H23N3O2/c1-15(21(25)23-18-9-5-16(14-22)6-10-18)24-13-3-4-20(24)17-7-11-19(26-2)12-8-17/h5-12,15,20H,3-4,13H2,1-2H3,(H,23,25)/t15-,20-/m1/s1. The molecule has 5 heteroatoms. The molecular formula is C21H23N3O2. The van der Waals surface area contributed by atoms with Gasteiger partial charge in [0, 0.05) is 11.7 Å². The first-order valence-electron chi connectivity index (χ1n) is 8.83. The van der Waals surface area contributed by atoms with Crippen molar-refractivity contribution in [3.05, 3.63) is 59.7 Å². The maximum atomic E-state index is 12.7. The summed E-state index contributed by atoms with van der Waals surface area (Å²) in [4.78, 5) is 14.9. The highest BCUT2D eigenvalue weighted by atomic mass is 16.5. The third-order valence-electron chi connectivity index (χ3n) is 4.95. The molecule has 0 bridgehead atoms. The Bertz CT molecular complexity index is 794. The molecule has 0 unspecified atom stereocenters. The van der Waals surface area contributed by atoms with Crippen LogP contribution in [-0.4, -0.2) is 30.5 Å². The number of hydrogen-bond donors (Lipinski definition) is 1. The quantitative estimate of drug-likeness (QED) is 0.893. The van der Waals surface area contributed by atoms with E-state index < -0.39 is 0 Å². The van der Waals surface area contributed by atoms with E-state index in [1.165, 1.54) is 5.56 Å². The van der Waals surface area contributed by atoms with Crippen molar-refractivity contribution >= 4 is 11.6 Å². The number of ether oxygens (including phenoxy) is 1. The number of hydrogen-bond acceptors (Lipinski definition) is 4. The van der Waals surface area contributed by atoms with Crippen molar-refractivity contribution in [1.82, 2.24) is 4.90 Å². The van der Waals surface area contributed by atoms with Gasteiger partial charge in [-0.1, -0.05) is 12.1 Å². The molecule has 0 radical (unpaired) electrons. The van der Waals surface area contributed by atoms with Gasteiger partial charge in [0.25, 0.3) is 0 Å². The predicted octanol–water partition coefficient (Wildman–Crippen LogP) is 3.73. The van der Waals surface area contributed by atoms with Crippen molar-refractivity contribution in [2.24, 2.45) is 0 Å². The number of nitrogens with one attached hydrogen (secondary N) is 1. The lowest BCUT2D eigenvalue weighted by Crippen LogP contribution is -2.41. The molecule has 1 aliphatic rings. The third-order valence-corrected chi connectivity index (χ3v) is 4.95. The van der Waals surface area contributed by atoms with Crippen LogP contribution in [0.3, 0.4) is 0 Å². The number of carbonyl (C=O) groups is 1. The van der Waals surface area contributed by atoms with Gasteiger partial charge < -0.3 is 10.1 Å². The van der Waals surface area contributed by atoms with Crippen LogP contribution in [-0.2, 0) is 4.79 Å². The van der Waals surface area contributed by atoms with E-state index in [4.69, 9.17) is 10.00 Å². The molecular weight excluding hydrogens is 326 g/mol. The molecule has 3 rings (SSSR count). The molecule has 1 amide bonds. The van der Waals surface area contributed by atoms with Gasteiger partial charge in [0.15, 0.2) is 0 Å². The van der Waals surface area contributed by atoms with Gasteiger partial charge in [-0.3, -0.25) is 9.69 Å². The zero-order valence-corrected chi connectivity index (χ0v) is 15.1. The smallest absolute Gasteiger partial charge is 0.241 e. The molecule has 26 heavy (non-hydrogen) atoms. The topological polar surface area (TPSA) is 65.4 Å². The van der Waals surface area contributed by atoms with Crippen LogP contribution < -0.4 is 10.1 Å². The normalized spacial score (nSPS) is 18.1. The monoisotopic (exact) mass is 349 g/mol. The molecule has 2 aromatic rings. The van der Waals surface area contributed by atoms with Gasteiger partial charge in [-0.25, -0.2) is 0 Å². The predicted molar refractivity (Wildman–Crippen MR) is 101 cm³/mol. The van der Waals surface area contributed by atoms with Crippen LogP contribution in [0.15, 0.2) is 48.5 Å². The van der Waals surface area contributed by atoms with E-state index in [-0.39, 0.29) is 18.0 Å². The molecule has 5 nitrogen and oxygen atoms in total. The largest absolute Gasteiger partial charge is 0.497 e. The summed E-state index contributed by atoms with van der Waals surface area (Å²) in [5.74, 6) is 0.806. The SMILES string of the molecule is COc1ccc([C@H]2CCCN2[C@H](C)C(=O)Nc2ccc(C#N)cc2)cc1. The molecule has 1 saturated heterocycles. The number of methoxy groups -OCH3 is 1. The average Bonchev–Trinajstić information content (AvgIpc) is 3.17. The molecule has 1 heterocycles. The zero-order valence-electron chi connectivity index (χ0n) is 15.1. The van der Waals surface area contributed by atoms with E-state index in [2.05, 4.69) is 28.4 Å². The summed E-state index contributed by atoms with van der Waals surface area (Å²) in [6.07, 6.45) is 2.12. The number of nitrogens with zero attached hydrogens (tertiary/aromatic N) is 2. The summed E-state index contributed by atoms with van der Waals surface area (Å²) in [6.45, 7) is 2.85. The van der Waals surface area contributed by atoms with E-state index in [0.29, 0.717) is 11.3 Å². The van der Waals surface area contributed by atoms with Crippen LogP contribution in [0.2, 0.25) is 0 Å². The van der Waals surface area contributed by atoms with Gasteiger partial charge in [-0.05, 0) is 68.3 Å². The summed E-state index contributed by atoms with van der Waals surface area (Å²) in [6, 6.07) is 17.1. The maximum absolute atomic E-state index is 12.7. The fraction of sp³-hybridized carbons (Fsp3) is 0.333. The van der Waals surface area contributed by atoms with Gasteiger partial charge >= 0.3 is 0 Å². The van der Waals surface area contributed by atoms with Crippen LogP contribution in [0.5, 0.6) is 5.75 Å². The van der Waals surface area contributed by atoms with Crippen molar-refractivity contribution in [2.75, 3.05) is 19.0 Å². The molecule has 2 atom stereocenters. The lowest BCUT2D eigenvalue weighted by atomic mass is 10.0. The Morgan fingerprint density at radius 1 is 1.23 bits per heavy atom. The number of carbonyl (C=O) groups excluding carboxylic acids is 1. The average molecular weight is 349 g/mol. The molecule has 0 aromatic heterocycles. The maximum Gasteiger partial charge on any atom is 0.241 e. The first kappa shape index (κ1) is 18.0. The van der Waals surface area contributed by atoms with Gasteiger partial charge in [0.2, 0.25) is 5.91 Å². The van der Waals surface area contributed by atoms with Crippen LogP contribution >= 0.6 is 0 Å². The van der Waals surface area contributed by atoms with Crippen molar-refractivity contribution in [3.8, 4) is 11.8 Å². The van der Waals surface area contributed by atoms with Crippen molar-refractivity contribution in [1.29, 1.82) is 5.26 Å². The molecule has 134 valence electrons. The van der Waals surface area contributed by atoms with E-state index >= 15 is 0 Å². The van der Waals surface area contributed by atoms with E-state index in [9.17, 15) is 4.79 Å². The van der Waals surface area contributed by atoms with Gasteiger partial charge in [-0.2, -0.15) is 5.26 Å². The Morgan fingerprint density at radius 2 is 1.92 bits per heavy atom. The van der Waals surface area contributed by atoms with E-state index in [1.807, 2.05) is 19.1 Å². The first-order chi connectivity index (χ1) is 12.6. The highest BCUT2D eigenvalue weighted by molar-refractivity contribution is 5.94.